The zero-order valence-electron chi connectivity index (χ0n) is 16.4. The third kappa shape index (κ3) is 4.53. The molecule has 2 atom stereocenters. The molecule has 0 aliphatic heterocycles. The zero-order chi connectivity index (χ0) is 20.2. The smallest absolute Gasteiger partial charge is 0.290 e. The monoisotopic (exact) mass is 393 g/mol. The first-order valence-electron chi connectivity index (χ1n) is 9.49. The number of hydrogen-bond acceptors (Lipinski definition) is 7. The minimum Gasteiger partial charge on any atom is -0.495 e. The van der Waals surface area contributed by atoms with E-state index in [1.807, 2.05) is 30.3 Å². The number of aryl methyl sites for hydroxylation is 1. The molecule has 0 amide bonds. The summed E-state index contributed by atoms with van der Waals surface area (Å²) in [6.07, 6.45) is 4.48. The van der Waals surface area contributed by atoms with Crippen molar-refractivity contribution in [3.8, 4) is 11.6 Å². The predicted octanol–water partition coefficient (Wildman–Crippen LogP) is 2.37. The molecular weight excluding hydrogens is 370 g/mol. The van der Waals surface area contributed by atoms with Crippen LogP contribution in [0.3, 0.4) is 0 Å². The van der Waals surface area contributed by atoms with Crippen molar-refractivity contribution in [1.29, 1.82) is 0 Å². The molecule has 150 valence electrons. The summed E-state index contributed by atoms with van der Waals surface area (Å²) in [6.45, 7) is 0.983. The Bertz CT molecular complexity index is 1020. The average molecular weight is 393 g/mol. The van der Waals surface area contributed by atoms with E-state index in [0.717, 1.165) is 23.6 Å². The van der Waals surface area contributed by atoms with Gasteiger partial charge in [0.15, 0.2) is 0 Å². The number of nitrogens with zero attached hydrogens (tertiary/aromatic N) is 4. The molecule has 0 aromatic carbocycles. The first-order chi connectivity index (χ1) is 14.1. The van der Waals surface area contributed by atoms with Crippen LogP contribution in [0.15, 0.2) is 53.6 Å². The second kappa shape index (κ2) is 8.30. The molecule has 1 saturated carbocycles. The molecule has 3 aromatic heterocycles. The second-order valence-corrected chi connectivity index (χ2v) is 7.04. The summed E-state index contributed by atoms with van der Waals surface area (Å²) >= 11 is 0. The van der Waals surface area contributed by atoms with Crippen LogP contribution < -0.4 is 20.3 Å². The van der Waals surface area contributed by atoms with Crippen LogP contribution in [0.2, 0.25) is 0 Å². The molecule has 1 aliphatic rings. The van der Waals surface area contributed by atoms with E-state index in [1.165, 1.54) is 4.68 Å². The van der Waals surface area contributed by atoms with Crippen molar-refractivity contribution >= 4 is 5.69 Å². The molecule has 0 bridgehead atoms. The maximum Gasteiger partial charge on any atom is 0.290 e. The van der Waals surface area contributed by atoms with Gasteiger partial charge in [0.1, 0.15) is 11.4 Å². The van der Waals surface area contributed by atoms with Crippen molar-refractivity contribution in [3.05, 3.63) is 70.5 Å². The number of hydrogen-bond donors (Lipinski definition) is 1. The van der Waals surface area contributed by atoms with Crippen LogP contribution in [-0.2, 0) is 13.6 Å². The molecule has 0 saturated heterocycles. The Kier molecular flexibility index (Phi) is 5.41. The van der Waals surface area contributed by atoms with Gasteiger partial charge in [-0.3, -0.25) is 14.8 Å². The summed E-state index contributed by atoms with van der Waals surface area (Å²) in [4.78, 5) is 21.0. The van der Waals surface area contributed by atoms with Gasteiger partial charge in [-0.1, -0.05) is 6.07 Å². The molecule has 3 heterocycles. The topological polar surface area (TPSA) is 91.2 Å². The number of rotatable bonds is 8. The van der Waals surface area contributed by atoms with Crippen molar-refractivity contribution in [1.82, 2.24) is 19.7 Å². The SMILES string of the molecule is COc1ccc([C@H]2C[C@@H]2COc2cc(NCc3ccccn3)c(=O)n(C)n2)nc1. The van der Waals surface area contributed by atoms with Crippen LogP contribution in [0.5, 0.6) is 11.6 Å². The third-order valence-electron chi connectivity index (χ3n) is 4.97. The largest absolute Gasteiger partial charge is 0.495 e. The Hall–Kier alpha value is -3.42. The fourth-order valence-electron chi connectivity index (χ4n) is 3.19. The second-order valence-electron chi connectivity index (χ2n) is 7.04. The normalized spacial score (nSPS) is 17.6. The van der Waals surface area contributed by atoms with Gasteiger partial charge in [0.25, 0.3) is 5.56 Å². The Balaban J connectivity index is 1.36. The summed E-state index contributed by atoms with van der Waals surface area (Å²) in [7, 11) is 3.24. The van der Waals surface area contributed by atoms with Gasteiger partial charge in [-0.2, -0.15) is 0 Å². The van der Waals surface area contributed by atoms with Crippen molar-refractivity contribution in [2.45, 2.75) is 18.9 Å². The Morgan fingerprint density at radius 1 is 1.24 bits per heavy atom. The molecular formula is C21H23N5O3. The average Bonchev–Trinajstić information content (AvgIpc) is 3.54. The van der Waals surface area contributed by atoms with Crippen molar-refractivity contribution < 1.29 is 9.47 Å². The van der Waals surface area contributed by atoms with Crippen LogP contribution >= 0.6 is 0 Å². The van der Waals surface area contributed by atoms with Crippen molar-refractivity contribution in [2.24, 2.45) is 13.0 Å². The number of anilines is 1. The number of methoxy groups -OCH3 is 1. The van der Waals surface area contributed by atoms with E-state index in [2.05, 4.69) is 20.4 Å². The summed E-state index contributed by atoms with van der Waals surface area (Å²) in [5, 5.41) is 7.32. The van der Waals surface area contributed by atoms with E-state index in [-0.39, 0.29) is 5.56 Å². The molecule has 0 radical (unpaired) electrons. The number of ether oxygens (including phenoxy) is 2. The third-order valence-corrected chi connectivity index (χ3v) is 4.97. The summed E-state index contributed by atoms with van der Waals surface area (Å²) in [5.41, 5.74) is 2.12. The van der Waals surface area contributed by atoms with Crippen LogP contribution in [-0.4, -0.2) is 33.5 Å². The maximum absolute atomic E-state index is 12.3. The van der Waals surface area contributed by atoms with E-state index < -0.39 is 0 Å². The Morgan fingerprint density at radius 3 is 2.86 bits per heavy atom. The zero-order valence-corrected chi connectivity index (χ0v) is 16.4. The molecule has 1 aliphatic carbocycles. The lowest BCUT2D eigenvalue weighted by atomic mass is 10.2. The van der Waals surface area contributed by atoms with Gasteiger partial charge in [-0.25, -0.2) is 4.68 Å². The molecule has 0 unspecified atom stereocenters. The van der Waals surface area contributed by atoms with E-state index in [4.69, 9.17) is 9.47 Å². The minimum atomic E-state index is -0.208. The fourth-order valence-corrected chi connectivity index (χ4v) is 3.19. The van der Waals surface area contributed by atoms with Crippen molar-refractivity contribution in [2.75, 3.05) is 19.0 Å². The molecule has 29 heavy (non-hydrogen) atoms. The standard InChI is InChI=1S/C21H23N5O3/c1-26-21(27)19(23-11-15-5-3-4-8-22-15)10-20(25-26)29-13-14-9-17(14)18-7-6-16(28-2)12-24-18/h3-8,10,12,14,17,23H,9,11,13H2,1-2H3/t14-,17+/m1/s1. The Labute approximate surface area is 168 Å². The van der Waals surface area contributed by atoms with Crippen LogP contribution in [0.1, 0.15) is 23.7 Å². The number of pyridine rings is 2. The van der Waals surface area contributed by atoms with Crippen molar-refractivity contribution in [3.63, 3.8) is 0 Å². The highest BCUT2D eigenvalue weighted by atomic mass is 16.5. The lowest BCUT2D eigenvalue weighted by molar-refractivity contribution is 0.278. The molecule has 4 rings (SSSR count). The lowest BCUT2D eigenvalue weighted by Gasteiger charge is -2.10. The van der Waals surface area contributed by atoms with E-state index in [9.17, 15) is 4.79 Å². The number of nitrogens with one attached hydrogen (secondary N) is 1. The molecule has 8 nitrogen and oxygen atoms in total. The summed E-state index contributed by atoms with van der Waals surface area (Å²) in [5.74, 6) is 1.95. The molecule has 1 fully saturated rings. The fraction of sp³-hybridized carbons (Fsp3) is 0.333. The summed E-state index contributed by atoms with van der Waals surface area (Å²) in [6, 6.07) is 11.2. The molecule has 8 heteroatoms. The van der Waals surface area contributed by atoms with Gasteiger partial charge < -0.3 is 14.8 Å². The van der Waals surface area contributed by atoms with Gasteiger partial charge in [-0.05, 0) is 30.7 Å². The molecule has 0 spiro atoms. The highest BCUT2D eigenvalue weighted by Crippen LogP contribution is 2.46. The minimum absolute atomic E-state index is 0.208. The highest BCUT2D eigenvalue weighted by molar-refractivity contribution is 5.43. The quantitative estimate of drug-likeness (QED) is 0.628. The van der Waals surface area contributed by atoms with Gasteiger partial charge in [0.05, 0.1) is 32.2 Å². The van der Waals surface area contributed by atoms with E-state index in [1.54, 1.807) is 32.6 Å². The maximum atomic E-state index is 12.3. The highest BCUT2D eigenvalue weighted by Gasteiger charge is 2.40. The Morgan fingerprint density at radius 2 is 2.14 bits per heavy atom. The van der Waals surface area contributed by atoms with Crippen LogP contribution in [0.4, 0.5) is 5.69 Å². The summed E-state index contributed by atoms with van der Waals surface area (Å²) < 4.78 is 12.3. The van der Waals surface area contributed by atoms with E-state index in [0.29, 0.717) is 36.6 Å². The van der Waals surface area contributed by atoms with E-state index >= 15 is 0 Å². The molecule has 3 aromatic rings. The predicted molar refractivity (Wildman–Crippen MR) is 108 cm³/mol. The first kappa shape index (κ1) is 18.9. The van der Waals surface area contributed by atoms with Gasteiger partial charge in [-0.15, -0.1) is 5.10 Å². The van der Waals surface area contributed by atoms with Gasteiger partial charge in [0, 0.05) is 36.8 Å². The first-order valence-corrected chi connectivity index (χ1v) is 9.49. The molecule has 1 N–H and O–H groups in total. The van der Waals surface area contributed by atoms with Crippen LogP contribution in [0, 0.1) is 5.92 Å². The van der Waals surface area contributed by atoms with Gasteiger partial charge >= 0.3 is 0 Å². The van der Waals surface area contributed by atoms with Gasteiger partial charge in [0.2, 0.25) is 5.88 Å². The lowest BCUT2D eigenvalue weighted by Crippen LogP contribution is -2.24. The number of aromatic nitrogens is 4. The van der Waals surface area contributed by atoms with Crippen LogP contribution in [0.25, 0.3) is 0 Å².